The summed E-state index contributed by atoms with van der Waals surface area (Å²) in [4.78, 5) is 22.0. The van der Waals surface area contributed by atoms with Crippen LogP contribution in [0.2, 0.25) is 0 Å². The Morgan fingerprint density at radius 2 is 1.89 bits per heavy atom. The van der Waals surface area contributed by atoms with E-state index in [1.807, 2.05) is 0 Å². The van der Waals surface area contributed by atoms with Gasteiger partial charge in [-0.1, -0.05) is 12.1 Å². The highest BCUT2D eigenvalue weighted by Gasteiger charge is 2.29. The molecule has 0 saturated heterocycles. The molecule has 0 heterocycles. The second-order valence-corrected chi connectivity index (χ2v) is 4.83. The standard InChI is InChI=1S/C14H17NO4/c16-12(7-8-13(17)18)9-3-5-11(6-4-9)15-14(19)10-1-2-10/h3-6,10,12,16H,1-2,7-8H2,(H,15,19)(H,17,18). The molecule has 1 aromatic carbocycles. The molecule has 1 amide bonds. The molecular weight excluding hydrogens is 246 g/mol. The van der Waals surface area contributed by atoms with E-state index in [0.29, 0.717) is 11.3 Å². The molecule has 1 atom stereocenters. The number of amides is 1. The van der Waals surface area contributed by atoms with Crippen LogP contribution in [0.3, 0.4) is 0 Å². The molecule has 0 aromatic heterocycles. The number of carboxylic acids is 1. The lowest BCUT2D eigenvalue weighted by Crippen LogP contribution is -2.13. The predicted molar refractivity (Wildman–Crippen MR) is 69.6 cm³/mol. The fourth-order valence-electron chi connectivity index (χ4n) is 1.81. The van der Waals surface area contributed by atoms with Crippen molar-refractivity contribution in [1.82, 2.24) is 0 Å². The molecule has 1 aliphatic rings. The lowest BCUT2D eigenvalue weighted by Gasteiger charge is -2.11. The van der Waals surface area contributed by atoms with E-state index in [2.05, 4.69) is 5.32 Å². The minimum Gasteiger partial charge on any atom is -0.481 e. The zero-order chi connectivity index (χ0) is 13.8. The quantitative estimate of drug-likeness (QED) is 0.732. The molecule has 3 N–H and O–H groups in total. The first-order valence-corrected chi connectivity index (χ1v) is 6.37. The van der Waals surface area contributed by atoms with Crippen molar-refractivity contribution in [3.8, 4) is 0 Å². The minimum absolute atomic E-state index is 0.0409. The third kappa shape index (κ3) is 4.06. The van der Waals surface area contributed by atoms with Crippen molar-refractivity contribution in [1.29, 1.82) is 0 Å². The predicted octanol–water partition coefficient (Wildman–Crippen LogP) is 1.93. The van der Waals surface area contributed by atoms with E-state index in [9.17, 15) is 14.7 Å². The number of carbonyl (C=O) groups is 2. The van der Waals surface area contributed by atoms with Crippen molar-refractivity contribution in [2.75, 3.05) is 5.32 Å². The van der Waals surface area contributed by atoms with Crippen molar-refractivity contribution >= 4 is 17.6 Å². The fourth-order valence-corrected chi connectivity index (χ4v) is 1.81. The van der Waals surface area contributed by atoms with Crippen molar-refractivity contribution in [2.24, 2.45) is 5.92 Å². The van der Waals surface area contributed by atoms with E-state index in [1.165, 1.54) is 0 Å². The number of rotatable bonds is 6. The highest BCUT2D eigenvalue weighted by Crippen LogP contribution is 2.30. The van der Waals surface area contributed by atoms with E-state index >= 15 is 0 Å². The Kier molecular flexibility index (Phi) is 4.16. The minimum atomic E-state index is -0.924. The average molecular weight is 263 g/mol. The zero-order valence-corrected chi connectivity index (χ0v) is 10.5. The Hall–Kier alpha value is -1.88. The van der Waals surface area contributed by atoms with Gasteiger partial charge in [-0.2, -0.15) is 0 Å². The Morgan fingerprint density at radius 3 is 2.42 bits per heavy atom. The molecule has 1 aromatic rings. The summed E-state index contributed by atoms with van der Waals surface area (Å²) in [6.07, 6.45) is 1.24. The summed E-state index contributed by atoms with van der Waals surface area (Å²) in [5, 5.41) is 21.1. The molecule has 2 rings (SSSR count). The maximum atomic E-state index is 11.5. The van der Waals surface area contributed by atoms with Crippen LogP contribution in [0, 0.1) is 5.92 Å². The maximum absolute atomic E-state index is 11.5. The number of aliphatic hydroxyl groups is 1. The molecule has 0 radical (unpaired) electrons. The van der Waals surface area contributed by atoms with E-state index in [-0.39, 0.29) is 24.7 Å². The van der Waals surface area contributed by atoms with Crippen molar-refractivity contribution < 1.29 is 19.8 Å². The summed E-state index contributed by atoms with van der Waals surface area (Å²) in [6, 6.07) is 6.85. The molecule has 5 heteroatoms. The van der Waals surface area contributed by atoms with Crippen LogP contribution in [0.4, 0.5) is 5.69 Å². The molecule has 5 nitrogen and oxygen atoms in total. The molecule has 1 aliphatic carbocycles. The number of nitrogens with one attached hydrogen (secondary N) is 1. The van der Waals surface area contributed by atoms with Gasteiger partial charge in [0.15, 0.2) is 0 Å². The zero-order valence-electron chi connectivity index (χ0n) is 10.5. The Balaban J connectivity index is 1.89. The lowest BCUT2D eigenvalue weighted by atomic mass is 10.0. The highest BCUT2D eigenvalue weighted by atomic mass is 16.4. The third-order valence-corrected chi connectivity index (χ3v) is 3.14. The second kappa shape index (κ2) is 5.84. The average Bonchev–Trinajstić information content (AvgIpc) is 3.21. The summed E-state index contributed by atoms with van der Waals surface area (Å²) < 4.78 is 0. The normalized spacial score (nSPS) is 15.8. The van der Waals surface area contributed by atoms with Crippen LogP contribution in [0.15, 0.2) is 24.3 Å². The van der Waals surface area contributed by atoms with E-state index in [4.69, 9.17) is 5.11 Å². The van der Waals surface area contributed by atoms with Crippen molar-refractivity contribution in [2.45, 2.75) is 31.8 Å². The molecule has 19 heavy (non-hydrogen) atoms. The first-order valence-electron chi connectivity index (χ1n) is 6.37. The van der Waals surface area contributed by atoms with Gasteiger partial charge in [-0.3, -0.25) is 9.59 Å². The van der Waals surface area contributed by atoms with Crippen LogP contribution < -0.4 is 5.32 Å². The van der Waals surface area contributed by atoms with Gasteiger partial charge in [0, 0.05) is 18.0 Å². The van der Waals surface area contributed by atoms with Crippen LogP contribution in [0.5, 0.6) is 0 Å². The number of aliphatic hydroxyl groups excluding tert-OH is 1. The monoisotopic (exact) mass is 263 g/mol. The molecule has 1 fully saturated rings. The number of carboxylic acid groups (broad SMARTS) is 1. The fraction of sp³-hybridized carbons (Fsp3) is 0.429. The summed E-state index contributed by atoms with van der Waals surface area (Å²) >= 11 is 0. The molecule has 1 saturated carbocycles. The Morgan fingerprint density at radius 1 is 1.26 bits per heavy atom. The Bertz CT molecular complexity index is 465. The number of anilines is 1. The molecule has 0 aliphatic heterocycles. The number of aliphatic carboxylic acids is 1. The van der Waals surface area contributed by atoms with Gasteiger partial charge in [-0.25, -0.2) is 0 Å². The smallest absolute Gasteiger partial charge is 0.303 e. The third-order valence-electron chi connectivity index (χ3n) is 3.14. The van der Waals surface area contributed by atoms with E-state index in [1.54, 1.807) is 24.3 Å². The first kappa shape index (κ1) is 13.5. The summed E-state index contributed by atoms with van der Waals surface area (Å²) in [6.45, 7) is 0. The number of benzene rings is 1. The Labute approximate surface area is 111 Å². The van der Waals surface area contributed by atoms with Crippen molar-refractivity contribution in [3.63, 3.8) is 0 Å². The maximum Gasteiger partial charge on any atom is 0.303 e. The van der Waals surface area contributed by atoms with Crippen LogP contribution in [0.1, 0.15) is 37.4 Å². The topological polar surface area (TPSA) is 86.6 Å². The van der Waals surface area contributed by atoms with E-state index < -0.39 is 12.1 Å². The van der Waals surface area contributed by atoms with Crippen LogP contribution in [-0.2, 0) is 9.59 Å². The van der Waals surface area contributed by atoms with Gasteiger partial charge in [-0.15, -0.1) is 0 Å². The van der Waals surface area contributed by atoms with Crippen LogP contribution in [0.25, 0.3) is 0 Å². The summed E-state index contributed by atoms with van der Waals surface area (Å²) in [5.41, 5.74) is 1.36. The van der Waals surface area contributed by atoms with Crippen LogP contribution >= 0.6 is 0 Å². The van der Waals surface area contributed by atoms with E-state index in [0.717, 1.165) is 12.8 Å². The van der Waals surface area contributed by atoms with Gasteiger partial charge in [0.2, 0.25) is 5.91 Å². The molecule has 0 spiro atoms. The molecule has 0 bridgehead atoms. The van der Waals surface area contributed by atoms with Gasteiger partial charge in [0.25, 0.3) is 0 Å². The van der Waals surface area contributed by atoms with Gasteiger partial charge in [0.05, 0.1) is 6.10 Å². The molecule has 1 unspecified atom stereocenters. The van der Waals surface area contributed by atoms with Gasteiger partial charge in [0.1, 0.15) is 0 Å². The van der Waals surface area contributed by atoms with Gasteiger partial charge < -0.3 is 15.5 Å². The summed E-state index contributed by atoms with van der Waals surface area (Å²) in [7, 11) is 0. The van der Waals surface area contributed by atoms with Crippen LogP contribution in [-0.4, -0.2) is 22.1 Å². The van der Waals surface area contributed by atoms with Crippen molar-refractivity contribution in [3.05, 3.63) is 29.8 Å². The summed E-state index contributed by atoms with van der Waals surface area (Å²) in [5.74, 6) is -0.729. The number of hydrogen-bond acceptors (Lipinski definition) is 3. The SMILES string of the molecule is O=C(O)CCC(O)c1ccc(NC(=O)C2CC2)cc1. The number of hydrogen-bond donors (Lipinski definition) is 3. The largest absolute Gasteiger partial charge is 0.481 e. The van der Waals surface area contributed by atoms with Gasteiger partial charge in [-0.05, 0) is 37.0 Å². The second-order valence-electron chi connectivity index (χ2n) is 4.83. The molecule has 102 valence electrons. The van der Waals surface area contributed by atoms with Gasteiger partial charge >= 0.3 is 5.97 Å². The number of carbonyl (C=O) groups excluding carboxylic acids is 1. The highest BCUT2D eigenvalue weighted by molar-refractivity contribution is 5.94. The molecular formula is C14H17NO4. The lowest BCUT2D eigenvalue weighted by molar-refractivity contribution is -0.137. The first-order chi connectivity index (χ1) is 9.06.